The number of amidine groups is 1. The van der Waals surface area contributed by atoms with Gasteiger partial charge < -0.3 is 5.73 Å². The topological polar surface area (TPSA) is 38.4 Å². The fraction of sp³-hybridized carbons (Fsp3) is 0.100. The minimum atomic E-state index is 0.531. The summed E-state index contributed by atoms with van der Waals surface area (Å²) in [5.74, 6) is 0.531. The Kier molecular flexibility index (Phi) is 3.08. The molecule has 0 aliphatic rings. The Morgan fingerprint density at radius 2 is 2.00 bits per heavy atom. The molecule has 62 valence electrons. The summed E-state index contributed by atoms with van der Waals surface area (Å²) in [5.41, 5.74) is 6.46. The van der Waals surface area contributed by atoms with Gasteiger partial charge in [0.05, 0.1) is 5.69 Å². The lowest BCUT2D eigenvalue weighted by Crippen LogP contribution is -2.06. The van der Waals surface area contributed by atoms with Crippen LogP contribution in [-0.4, -0.2) is 5.84 Å². The van der Waals surface area contributed by atoms with Gasteiger partial charge in [0.2, 0.25) is 0 Å². The fourth-order valence-electron chi connectivity index (χ4n) is 0.860. The van der Waals surface area contributed by atoms with Crippen LogP contribution in [0, 0.1) is 0 Å². The summed E-state index contributed by atoms with van der Waals surface area (Å²) in [6, 6.07) is 9.64. The van der Waals surface area contributed by atoms with Crippen LogP contribution in [0.25, 0.3) is 0 Å². The fourth-order valence-corrected chi connectivity index (χ4v) is 0.860. The largest absolute Gasteiger partial charge is 0.384 e. The van der Waals surface area contributed by atoms with Crippen molar-refractivity contribution < 1.29 is 0 Å². The third kappa shape index (κ3) is 2.58. The van der Waals surface area contributed by atoms with Crippen molar-refractivity contribution in [2.45, 2.75) is 6.92 Å². The number of allylic oxidation sites excluding steroid dienone is 1. The zero-order valence-electron chi connectivity index (χ0n) is 7.07. The van der Waals surface area contributed by atoms with Crippen molar-refractivity contribution in [2.75, 3.05) is 0 Å². The van der Waals surface area contributed by atoms with Gasteiger partial charge in [-0.1, -0.05) is 24.3 Å². The van der Waals surface area contributed by atoms with Gasteiger partial charge in [0.1, 0.15) is 5.84 Å². The van der Waals surface area contributed by atoms with Gasteiger partial charge in [-0.05, 0) is 25.1 Å². The lowest BCUT2D eigenvalue weighted by Gasteiger charge is -1.93. The molecule has 0 aromatic heterocycles. The van der Waals surface area contributed by atoms with Crippen LogP contribution in [-0.2, 0) is 0 Å². The van der Waals surface area contributed by atoms with Gasteiger partial charge in [0.25, 0.3) is 0 Å². The van der Waals surface area contributed by atoms with Crippen LogP contribution < -0.4 is 5.73 Å². The van der Waals surface area contributed by atoms with Gasteiger partial charge in [-0.25, -0.2) is 4.99 Å². The van der Waals surface area contributed by atoms with E-state index >= 15 is 0 Å². The maximum atomic E-state index is 5.58. The lowest BCUT2D eigenvalue weighted by atomic mass is 10.3. The molecule has 0 bridgehead atoms. The van der Waals surface area contributed by atoms with Crippen molar-refractivity contribution in [1.82, 2.24) is 0 Å². The van der Waals surface area contributed by atoms with E-state index in [2.05, 4.69) is 4.99 Å². The molecule has 0 saturated carbocycles. The van der Waals surface area contributed by atoms with Crippen LogP contribution in [0.1, 0.15) is 6.92 Å². The first kappa shape index (κ1) is 8.53. The monoisotopic (exact) mass is 160 g/mol. The molecule has 12 heavy (non-hydrogen) atoms. The van der Waals surface area contributed by atoms with Gasteiger partial charge in [-0.15, -0.1) is 0 Å². The van der Waals surface area contributed by atoms with Crippen LogP contribution >= 0.6 is 0 Å². The standard InChI is InChI=1S/C10H12N2/c1-2-6-10(11)12-9-7-4-3-5-8-9/h2-8H,1H3,(H2,11,12)/b6-2+. The van der Waals surface area contributed by atoms with Gasteiger partial charge >= 0.3 is 0 Å². The third-order valence-electron chi connectivity index (χ3n) is 1.35. The van der Waals surface area contributed by atoms with Crippen LogP contribution in [0.3, 0.4) is 0 Å². The molecule has 1 rings (SSSR count). The Bertz CT molecular complexity index is 286. The second-order valence-corrected chi connectivity index (χ2v) is 2.37. The molecule has 0 atom stereocenters. The second kappa shape index (κ2) is 4.34. The average Bonchev–Trinajstić information content (AvgIpc) is 2.06. The molecule has 0 amide bonds. The maximum Gasteiger partial charge on any atom is 0.123 e. The Hall–Kier alpha value is -1.57. The summed E-state index contributed by atoms with van der Waals surface area (Å²) in [6.45, 7) is 1.91. The van der Waals surface area contributed by atoms with Crippen molar-refractivity contribution in [3.8, 4) is 0 Å². The van der Waals surface area contributed by atoms with E-state index in [0.29, 0.717) is 5.84 Å². The highest BCUT2D eigenvalue weighted by Gasteiger charge is 1.86. The Morgan fingerprint density at radius 1 is 1.33 bits per heavy atom. The summed E-state index contributed by atoms with van der Waals surface area (Å²) in [5, 5.41) is 0. The Morgan fingerprint density at radius 3 is 2.58 bits per heavy atom. The van der Waals surface area contributed by atoms with Crippen molar-refractivity contribution in [2.24, 2.45) is 10.7 Å². The third-order valence-corrected chi connectivity index (χ3v) is 1.35. The highest BCUT2D eigenvalue weighted by atomic mass is 14.8. The van der Waals surface area contributed by atoms with E-state index in [1.807, 2.05) is 43.3 Å². The molecular weight excluding hydrogens is 148 g/mol. The highest BCUT2D eigenvalue weighted by Crippen LogP contribution is 2.08. The molecule has 0 radical (unpaired) electrons. The van der Waals surface area contributed by atoms with Crippen LogP contribution in [0.2, 0.25) is 0 Å². The molecule has 0 aliphatic heterocycles. The van der Waals surface area contributed by atoms with Gasteiger partial charge in [0, 0.05) is 0 Å². The minimum absolute atomic E-state index is 0.531. The highest BCUT2D eigenvalue weighted by molar-refractivity contribution is 5.93. The van der Waals surface area contributed by atoms with Gasteiger partial charge in [-0.2, -0.15) is 0 Å². The van der Waals surface area contributed by atoms with E-state index < -0.39 is 0 Å². The predicted octanol–water partition coefficient (Wildman–Crippen LogP) is 2.25. The number of aliphatic imine (C=N–C) groups is 1. The van der Waals surface area contributed by atoms with Crippen molar-refractivity contribution in [1.29, 1.82) is 0 Å². The molecule has 0 aliphatic carbocycles. The summed E-state index contributed by atoms with van der Waals surface area (Å²) < 4.78 is 0. The maximum absolute atomic E-state index is 5.58. The van der Waals surface area contributed by atoms with E-state index in [-0.39, 0.29) is 0 Å². The van der Waals surface area contributed by atoms with E-state index in [1.54, 1.807) is 6.08 Å². The number of hydrogen-bond donors (Lipinski definition) is 1. The molecule has 0 spiro atoms. The number of hydrogen-bond acceptors (Lipinski definition) is 1. The van der Waals surface area contributed by atoms with E-state index in [4.69, 9.17) is 5.73 Å². The smallest absolute Gasteiger partial charge is 0.123 e. The lowest BCUT2D eigenvalue weighted by molar-refractivity contribution is 1.48. The second-order valence-electron chi connectivity index (χ2n) is 2.37. The first-order valence-electron chi connectivity index (χ1n) is 3.85. The molecule has 0 fully saturated rings. The molecule has 0 heterocycles. The van der Waals surface area contributed by atoms with Crippen molar-refractivity contribution in [3.05, 3.63) is 42.5 Å². The number of nitrogens with two attached hydrogens (primary N) is 1. The molecule has 2 heteroatoms. The van der Waals surface area contributed by atoms with E-state index in [9.17, 15) is 0 Å². The van der Waals surface area contributed by atoms with Crippen LogP contribution in [0.4, 0.5) is 5.69 Å². The summed E-state index contributed by atoms with van der Waals surface area (Å²) in [4.78, 5) is 4.16. The van der Waals surface area contributed by atoms with Gasteiger partial charge in [-0.3, -0.25) is 0 Å². The summed E-state index contributed by atoms with van der Waals surface area (Å²) in [6.07, 6.45) is 3.63. The van der Waals surface area contributed by atoms with Crippen molar-refractivity contribution >= 4 is 11.5 Å². The molecule has 1 aromatic rings. The van der Waals surface area contributed by atoms with E-state index in [1.165, 1.54) is 0 Å². The zero-order valence-corrected chi connectivity index (χ0v) is 7.07. The molecule has 0 unspecified atom stereocenters. The SMILES string of the molecule is C/C=C/C(N)=Nc1ccccc1. The normalized spacial score (nSPS) is 12.2. The summed E-state index contributed by atoms with van der Waals surface area (Å²) in [7, 11) is 0. The average molecular weight is 160 g/mol. The number of para-hydroxylation sites is 1. The van der Waals surface area contributed by atoms with E-state index in [0.717, 1.165) is 5.69 Å². The Balaban J connectivity index is 2.81. The number of nitrogens with zero attached hydrogens (tertiary/aromatic N) is 1. The van der Waals surface area contributed by atoms with Crippen LogP contribution in [0.15, 0.2) is 47.5 Å². The Labute approximate surface area is 72.4 Å². The van der Waals surface area contributed by atoms with Gasteiger partial charge in [0.15, 0.2) is 0 Å². The van der Waals surface area contributed by atoms with Crippen LogP contribution in [0.5, 0.6) is 0 Å². The molecular formula is C10H12N2. The van der Waals surface area contributed by atoms with Crippen molar-refractivity contribution in [3.63, 3.8) is 0 Å². The zero-order chi connectivity index (χ0) is 8.81. The molecule has 1 aromatic carbocycles. The predicted molar refractivity (Wildman–Crippen MR) is 52.5 cm³/mol. The quantitative estimate of drug-likeness (QED) is 0.523. The first-order chi connectivity index (χ1) is 5.83. The summed E-state index contributed by atoms with van der Waals surface area (Å²) >= 11 is 0. The number of benzene rings is 1. The molecule has 0 saturated heterocycles. The minimum Gasteiger partial charge on any atom is -0.384 e. The molecule has 2 N–H and O–H groups in total. The number of rotatable bonds is 2. The molecule has 2 nitrogen and oxygen atoms in total. The first-order valence-corrected chi connectivity index (χ1v) is 3.85.